The number of thiazole rings is 1. The summed E-state index contributed by atoms with van der Waals surface area (Å²) >= 11 is 1.27. The third-order valence-corrected chi connectivity index (χ3v) is 6.89. The highest BCUT2D eigenvalue weighted by Gasteiger charge is 2.33. The fourth-order valence-electron chi connectivity index (χ4n) is 4.15. The Balaban J connectivity index is 1.87. The Morgan fingerprint density at radius 2 is 1.89 bits per heavy atom. The Labute approximate surface area is 207 Å². The number of esters is 1. The fraction of sp³-hybridized carbons (Fsp3) is 0.346. The van der Waals surface area contributed by atoms with E-state index in [0.717, 1.165) is 24.5 Å². The summed E-state index contributed by atoms with van der Waals surface area (Å²) in [7, 11) is 1.59. The quantitative estimate of drug-likeness (QED) is 0.446. The number of rotatable bonds is 8. The first kappa shape index (κ1) is 24.5. The number of aromatic nitrogens is 1. The van der Waals surface area contributed by atoms with E-state index in [1.165, 1.54) is 11.3 Å². The average Bonchev–Trinajstić information content (AvgIpc) is 3.43. The van der Waals surface area contributed by atoms with E-state index in [9.17, 15) is 9.59 Å². The molecule has 184 valence electrons. The predicted molar refractivity (Wildman–Crippen MR) is 136 cm³/mol. The van der Waals surface area contributed by atoms with Crippen molar-refractivity contribution >= 4 is 29.3 Å². The maximum absolute atomic E-state index is 13.6. The zero-order chi connectivity index (χ0) is 25.1. The Bertz CT molecular complexity index is 1420. The van der Waals surface area contributed by atoms with Crippen LogP contribution in [0.15, 0.2) is 61.9 Å². The normalized spacial score (nSPS) is 15.6. The van der Waals surface area contributed by atoms with Gasteiger partial charge in [-0.2, -0.15) is 0 Å². The van der Waals surface area contributed by atoms with Gasteiger partial charge in [-0.3, -0.25) is 9.36 Å². The summed E-state index contributed by atoms with van der Waals surface area (Å²) in [5.74, 6) is 1.53. The van der Waals surface area contributed by atoms with Crippen molar-refractivity contribution in [1.82, 2.24) is 4.57 Å². The second-order valence-electron chi connectivity index (χ2n) is 7.92. The standard InChI is InChI=1S/C26H29N3O5S/c1-6-28(7-2)21-14-13-19(34-21)15-20-24(30)29-23(17-9-11-18(32-5)12-10-17)22(25(31)33-8-3)16(4)27-26(29)35-20/h9-15,23H,6-8H2,1-5H3. The van der Waals surface area contributed by atoms with Gasteiger partial charge in [-0.05, 0) is 51.5 Å². The van der Waals surface area contributed by atoms with Crippen molar-refractivity contribution in [3.63, 3.8) is 0 Å². The molecule has 35 heavy (non-hydrogen) atoms. The number of ether oxygens (including phenoxy) is 2. The molecule has 0 bridgehead atoms. The molecule has 0 radical (unpaired) electrons. The molecule has 1 aromatic carbocycles. The molecule has 3 aromatic rings. The molecule has 9 heteroatoms. The van der Waals surface area contributed by atoms with Crippen molar-refractivity contribution in [2.45, 2.75) is 33.7 Å². The molecule has 1 atom stereocenters. The second-order valence-corrected chi connectivity index (χ2v) is 8.93. The van der Waals surface area contributed by atoms with Crippen LogP contribution in [0.4, 0.5) is 5.88 Å². The van der Waals surface area contributed by atoms with Crippen molar-refractivity contribution in [1.29, 1.82) is 0 Å². The number of carbonyl (C=O) groups excluding carboxylic acids is 1. The van der Waals surface area contributed by atoms with Crippen LogP contribution in [0.25, 0.3) is 6.08 Å². The summed E-state index contributed by atoms with van der Waals surface area (Å²) < 4.78 is 18.6. The van der Waals surface area contributed by atoms with Gasteiger partial charge < -0.3 is 18.8 Å². The van der Waals surface area contributed by atoms with Gasteiger partial charge in [0.05, 0.1) is 35.6 Å². The first-order chi connectivity index (χ1) is 16.9. The number of benzene rings is 1. The number of anilines is 1. The molecule has 0 saturated carbocycles. The number of allylic oxidation sites excluding steroid dienone is 1. The summed E-state index contributed by atoms with van der Waals surface area (Å²) in [5, 5.41) is 0. The molecule has 0 aliphatic carbocycles. The number of fused-ring (bicyclic) bond motifs is 1. The molecule has 8 nitrogen and oxygen atoms in total. The molecule has 0 amide bonds. The summed E-state index contributed by atoms with van der Waals surface area (Å²) in [4.78, 5) is 33.8. The van der Waals surface area contributed by atoms with Crippen LogP contribution in [0, 0.1) is 0 Å². The lowest BCUT2D eigenvalue weighted by Crippen LogP contribution is -2.39. The molecule has 0 spiro atoms. The Hall–Kier alpha value is -3.59. The van der Waals surface area contributed by atoms with Crippen LogP contribution in [0.3, 0.4) is 0 Å². The number of carbonyl (C=O) groups is 1. The zero-order valence-electron chi connectivity index (χ0n) is 20.5. The first-order valence-electron chi connectivity index (χ1n) is 11.6. The third-order valence-electron chi connectivity index (χ3n) is 5.91. The molecule has 1 aliphatic heterocycles. The van der Waals surface area contributed by atoms with Crippen molar-refractivity contribution < 1.29 is 18.7 Å². The van der Waals surface area contributed by atoms with E-state index < -0.39 is 12.0 Å². The summed E-state index contributed by atoms with van der Waals surface area (Å²) in [6, 6.07) is 10.4. The highest BCUT2D eigenvalue weighted by molar-refractivity contribution is 7.07. The van der Waals surface area contributed by atoms with Crippen LogP contribution >= 0.6 is 11.3 Å². The maximum Gasteiger partial charge on any atom is 0.338 e. The van der Waals surface area contributed by atoms with E-state index in [0.29, 0.717) is 32.1 Å². The van der Waals surface area contributed by atoms with Crippen LogP contribution in [0.1, 0.15) is 45.1 Å². The van der Waals surface area contributed by atoms with E-state index in [1.54, 1.807) is 43.7 Å². The summed E-state index contributed by atoms with van der Waals surface area (Å²) in [5.41, 5.74) is 1.39. The van der Waals surface area contributed by atoms with Gasteiger partial charge >= 0.3 is 5.97 Å². The van der Waals surface area contributed by atoms with Gasteiger partial charge in [0.1, 0.15) is 11.5 Å². The molecule has 0 fully saturated rings. The molecular formula is C26H29N3O5S. The van der Waals surface area contributed by atoms with Crippen LogP contribution < -0.4 is 24.5 Å². The lowest BCUT2D eigenvalue weighted by Gasteiger charge is -2.24. The molecule has 4 rings (SSSR count). The molecule has 0 saturated heterocycles. The zero-order valence-corrected chi connectivity index (χ0v) is 21.3. The molecule has 1 aliphatic rings. The summed E-state index contributed by atoms with van der Waals surface area (Å²) in [6.07, 6.45) is 1.73. The highest BCUT2D eigenvalue weighted by atomic mass is 32.1. The van der Waals surface area contributed by atoms with Gasteiger partial charge in [0.2, 0.25) is 0 Å². The van der Waals surface area contributed by atoms with E-state index in [4.69, 9.17) is 13.9 Å². The maximum atomic E-state index is 13.6. The Morgan fingerprint density at radius 1 is 1.17 bits per heavy atom. The average molecular weight is 496 g/mol. The SMILES string of the molecule is CCOC(=O)C1=C(C)N=c2sc(=Cc3ccc(N(CC)CC)o3)c(=O)n2C1c1ccc(OC)cc1. The minimum atomic E-state index is -0.666. The second kappa shape index (κ2) is 10.4. The lowest BCUT2D eigenvalue weighted by atomic mass is 9.96. The van der Waals surface area contributed by atoms with Gasteiger partial charge in [-0.15, -0.1) is 0 Å². The van der Waals surface area contributed by atoms with Crippen LogP contribution in [0.5, 0.6) is 5.75 Å². The minimum Gasteiger partial charge on any atom is -0.497 e. The number of furan rings is 1. The Morgan fingerprint density at radius 3 is 2.51 bits per heavy atom. The number of nitrogens with zero attached hydrogens (tertiary/aromatic N) is 3. The van der Waals surface area contributed by atoms with Crippen molar-refractivity contribution in [3.8, 4) is 5.75 Å². The molecule has 1 unspecified atom stereocenters. The third kappa shape index (κ3) is 4.68. The van der Waals surface area contributed by atoms with Gasteiger partial charge in [-0.1, -0.05) is 23.5 Å². The summed E-state index contributed by atoms with van der Waals surface area (Å²) in [6.45, 7) is 9.51. The molecular weight excluding hydrogens is 466 g/mol. The van der Waals surface area contributed by atoms with Gasteiger partial charge in [0.15, 0.2) is 10.7 Å². The molecule has 2 aromatic heterocycles. The fourth-order valence-corrected chi connectivity index (χ4v) is 5.17. The topological polar surface area (TPSA) is 86.3 Å². The van der Waals surface area contributed by atoms with Gasteiger partial charge in [0, 0.05) is 25.2 Å². The van der Waals surface area contributed by atoms with Crippen molar-refractivity contribution in [2.75, 3.05) is 31.7 Å². The Kier molecular flexibility index (Phi) is 7.25. The van der Waals surface area contributed by atoms with Gasteiger partial charge in [0.25, 0.3) is 5.56 Å². The van der Waals surface area contributed by atoms with E-state index in [1.807, 2.05) is 24.3 Å². The minimum absolute atomic E-state index is 0.225. The predicted octanol–water partition coefficient (Wildman–Crippen LogP) is 3.25. The highest BCUT2D eigenvalue weighted by Crippen LogP contribution is 2.31. The van der Waals surface area contributed by atoms with Crippen molar-refractivity contribution in [2.24, 2.45) is 4.99 Å². The van der Waals surface area contributed by atoms with E-state index in [-0.39, 0.29) is 12.2 Å². The van der Waals surface area contributed by atoms with Crippen LogP contribution in [-0.4, -0.2) is 37.3 Å². The van der Waals surface area contributed by atoms with E-state index >= 15 is 0 Å². The van der Waals surface area contributed by atoms with E-state index in [2.05, 4.69) is 23.7 Å². The number of hydrogen-bond acceptors (Lipinski definition) is 8. The number of hydrogen-bond donors (Lipinski definition) is 0. The smallest absolute Gasteiger partial charge is 0.338 e. The largest absolute Gasteiger partial charge is 0.497 e. The lowest BCUT2D eigenvalue weighted by molar-refractivity contribution is -0.139. The van der Waals surface area contributed by atoms with Crippen LogP contribution in [0.2, 0.25) is 0 Å². The first-order valence-corrected chi connectivity index (χ1v) is 12.4. The monoisotopic (exact) mass is 495 g/mol. The van der Waals surface area contributed by atoms with Crippen LogP contribution in [-0.2, 0) is 9.53 Å². The molecule has 3 heterocycles. The molecule has 0 N–H and O–H groups in total. The van der Waals surface area contributed by atoms with Gasteiger partial charge in [-0.25, -0.2) is 9.79 Å². The van der Waals surface area contributed by atoms with Crippen molar-refractivity contribution in [3.05, 3.63) is 78.7 Å². The number of methoxy groups -OCH3 is 1.